The molecule has 0 aromatic rings. The number of rotatable bonds is 4. The number of carbonyl (C=O) groups is 2. The summed E-state index contributed by atoms with van der Waals surface area (Å²) in [4.78, 5) is 22.7. The van der Waals surface area contributed by atoms with Gasteiger partial charge in [-0.1, -0.05) is 0 Å². The summed E-state index contributed by atoms with van der Waals surface area (Å²) in [6.07, 6.45) is 0.0167. The number of carbonyl (C=O) groups excluding carboxylic acids is 2. The molecule has 0 amide bonds. The van der Waals surface area contributed by atoms with E-state index in [9.17, 15) is 14.7 Å². The first-order chi connectivity index (χ1) is 6.54. The molecule has 1 fully saturated rings. The third-order valence-electron chi connectivity index (χ3n) is 2.39. The minimum Gasteiger partial charge on any atom is -0.377 e. The third-order valence-corrected chi connectivity index (χ3v) is 2.39. The van der Waals surface area contributed by atoms with Crippen LogP contribution in [0.5, 0.6) is 0 Å². The number of Topliss-reactive ketones (excluding diaryl/α,β-unsaturated/α-hetero) is 2. The Morgan fingerprint density at radius 3 is 2.64 bits per heavy atom. The predicted octanol–water partition coefficient (Wildman–Crippen LogP) is -1.42. The van der Waals surface area contributed by atoms with Gasteiger partial charge in [-0.15, -0.1) is 0 Å². The van der Waals surface area contributed by atoms with E-state index in [1.165, 1.54) is 6.92 Å². The number of nitrogens with one attached hydrogen (secondary N) is 1. The summed E-state index contributed by atoms with van der Waals surface area (Å²) in [7, 11) is 0. The standard InChI is InChI=1S/C9H16N2O3/c1-5(10)7(12)9(14)8(13)6-3-2-4-11-6/h5-6,9,11,14H,2-4,10H2,1H3/t5-,6+,9?/m1/s1. The van der Waals surface area contributed by atoms with Crippen LogP contribution in [0.2, 0.25) is 0 Å². The van der Waals surface area contributed by atoms with Gasteiger partial charge in [0.2, 0.25) is 0 Å². The molecule has 0 spiro atoms. The Morgan fingerprint density at radius 1 is 1.57 bits per heavy atom. The molecule has 0 aromatic heterocycles. The second kappa shape index (κ2) is 4.63. The maximum absolute atomic E-state index is 11.5. The quantitative estimate of drug-likeness (QED) is 0.485. The molecule has 1 rings (SSSR count). The van der Waals surface area contributed by atoms with Crippen LogP contribution in [0, 0.1) is 0 Å². The molecule has 0 bridgehead atoms. The van der Waals surface area contributed by atoms with E-state index in [1.807, 2.05) is 0 Å². The highest BCUT2D eigenvalue weighted by Gasteiger charge is 2.33. The van der Waals surface area contributed by atoms with Crippen molar-refractivity contribution in [3.05, 3.63) is 0 Å². The van der Waals surface area contributed by atoms with Crippen LogP contribution in [0.25, 0.3) is 0 Å². The molecule has 1 aliphatic heterocycles. The highest BCUT2D eigenvalue weighted by molar-refractivity contribution is 6.09. The van der Waals surface area contributed by atoms with Crippen LogP contribution in [0.3, 0.4) is 0 Å². The van der Waals surface area contributed by atoms with Gasteiger partial charge in [0.1, 0.15) is 0 Å². The number of ketones is 2. The molecule has 5 nitrogen and oxygen atoms in total. The summed E-state index contributed by atoms with van der Waals surface area (Å²) in [5.41, 5.74) is 5.29. The lowest BCUT2D eigenvalue weighted by Gasteiger charge is -2.15. The van der Waals surface area contributed by atoms with Crippen LogP contribution in [0.1, 0.15) is 19.8 Å². The number of hydrogen-bond acceptors (Lipinski definition) is 5. The summed E-state index contributed by atoms with van der Waals surface area (Å²) in [6, 6.07) is -1.18. The number of nitrogens with two attached hydrogens (primary N) is 1. The number of hydrogen-bond donors (Lipinski definition) is 3. The van der Waals surface area contributed by atoms with Crippen molar-refractivity contribution in [3.63, 3.8) is 0 Å². The third kappa shape index (κ3) is 2.37. The molecule has 3 atom stereocenters. The van der Waals surface area contributed by atoms with E-state index in [2.05, 4.69) is 5.32 Å². The van der Waals surface area contributed by atoms with Gasteiger partial charge < -0.3 is 16.2 Å². The second-order valence-corrected chi connectivity index (χ2v) is 3.64. The van der Waals surface area contributed by atoms with Gasteiger partial charge in [-0.25, -0.2) is 0 Å². The Hall–Kier alpha value is -0.780. The van der Waals surface area contributed by atoms with E-state index in [0.717, 1.165) is 13.0 Å². The van der Waals surface area contributed by atoms with Gasteiger partial charge in [0.05, 0.1) is 12.1 Å². The highest BCUT2D eigenvalue weighted by Crippen LogP contribution is 2.08. The average Bonchev–Trinajstić information content (AvgIpc) is 2.67. The second-order valence-electron chi connectivity index (χ2n) is 3.64. The molecule has 4 N–H and O–H groups in total. The molecule has 1 aliphatic rings. The molecular formula is C9H16N2O3. The molecule has 0 radical (unpaired) electrons. The Labute approximate surface area is 82.7 Å². The zero-order valence-corrected chi connectivity index (χ0v) is 8.19. The van der Waals surface area contributed by atoms with Crippen molar-refractivity contribution in [2.24, 2.45) is 5.73 Å². The lowest BCUT2D eigenvalue weighted by molar-refractivity contribution is -0.140. The molecule has 80 valence electrons. The van der Waals surface area contributed by atoms with Crippen molar-refractivity contribution in [2.45, 2.75) is 38.0 Å². The normalized spacial score (nSPS) is 25.8. The maximum Gasteiger partial charge on any atom is 0.185 e. The monoisotopic (exact) mass is 200 g/mol. The van der Waals surface area contributed by atoms with Crippen LogP contribution in [0.15, 0.2) is 0 Å². The van der Waals surface area contributed by atoms with Crippen LogP contribution < -0.4 is 11.1 Å². The number of aliphatic hydroxyl groups excluding tert-OH is 1. The van der Waals surface area contributed by atoms with Gasteiger partial charge in [0.25, 0.3) is 0 Å². The van der Waals surface area contributed by atoms with Gasteiger partial charge in [-0.05, 0) is 26.3 Å². The average molecular weight is 200 g/mol. The predicted molar refractivity (Wildman–Crippen MR) is 50.7 cm³/mol. The van der Waals surface area contributed by atoms with Crippen LogP contribution in [-0.4, -0.2) is 41.4 Å². The van der Waals surface area contributed by atoms with Crippen molar-refractivity contribution in [1.29, 1.82) is 0 Å². The minimum atomic E-state index is -1.56. The fourth-order valence-corrected chi connectivity index (χ4v) is 1.51. The Kier molecular flexibility index (Phi) is 3.74. The van der Waals surface area contributed by atoms with Crippen LogP contribution >= 0.6 is 0 Å². The van der Waals surface area contributed by atoms with E-state index in [0.29, 0.717) is 6.42 Å². The minimum absolute atomic E-state index is 0.382. The lowest BCUT2D eigenvalue weighted by Crippen LogP contribution is -2.47. The van der Waals surface area contributed by atoms with Gasteiger partial charge in [0, 0.05) is 0 Å². The zero-order valence-electron chi connectivity index (χ0n) is 8.19. The molecule has 0 aliphatic carbocycles. The van der Waals surface area contributed by atoms with Crippen molar-refractivity contribution >= 4 is 11.6 Å². The SMILES string of the molecule is C[C@@H](N)C(=O)C(O)C(=O)[C@@H]1CCCN1. The Morgan fingerprint density at radius 2 is 2.21 bits per heavy atom. The first-order valence-electron chi connectivity index (χ1n) is 4.78. The Balaban J connectivity index is 2.55. The van der Waals surface area contributed by atoms with Crippen molar-refractivity contribution in [3.8, 4) is 0 Å². The topological polar surface area (TPSA) is 92.4 Å². The molecule has 5 heteroatoms. The molecule has 0 saturated carbocycles. The van der Waals surface area contributed by atoms with Gasteiger partial charge in [0.15, 0.2) is 17.7 Å². The summed E-state index contributed by atoms with van der Waals surface area (Å²) < 4.78 is 0. The molecule has 1 heterocycles. The maximum atomic E-state index is 11.5. The fraction of sp³-hybridized carbons (Fsp3) is 0.778. The lowest BCUT2D eigenvalue weighted by atomic mass is 10.00. The summed E-state index contributed by atoms with van der Waals surface area (Å²) in [6.45, 7) is 2.22. The van der Waals surface area contributed by atoms with Gasteiger partial charge in [-0.3, -0.25) is 9.59 Å². The van der Waals surface area contributed by atoms with E-state index >= 15 is 0 Å². The number of aliphatic hydroxyl groups is 1. The highest BCUT2D eigenvalue weighted by atomic mass is 16.3. The van der Waals surface area contributed by atoms with Crippen molar-refractivity contribution in [1.82, 2.24) is 5.32 Å². The van der Waals surface area contributed by atoms with Crippen molar-refractivity contribution < 1.29 is 14.7 Å². The van der Waals surface area contributed by atoms with Gasteiger partial charge in [-0.2, -0.15) is 0 Å². The molecule has 1 unspecified atom stereocenters. The van der Waals surface area contributed by atoms with Crippen LogP contribution in [0.4, 0.5) is 0 Å². The molecule has 1 saturated heterocycles. The van der Waals surface area contributed by atoms with Crippen LogP contribution in [-0.2, 0) is 9.59 Å². The molecular weight excluding hydrogens is 184 g/mol. The molecule has 14 heavy (non-hydrogen) atoms. The summed E-state index contributed by atoms with van der Waals surface area (Å²) in [5.74, 6) is -1.06. The fourth-order valence-electron chi connectivity index (χ4n) is 1.51. The largest absolute Gasteiger partial charge is 0.377 e. The smallest absolute Gasteiger partial charge is 0.185 e. The zero-order chi connectivity index (χ0) is 10.7. The van der Waals surface area contributed by atoms with E-state index in [4.69, 9.17) is 5.73 Å². The van der Waals surface area contributed by atoms with Gasteiger partial charge >= 0.3 is 0 Å². The van der Waals surface area contributed by atoms with E-state index in [-0.39, 0.29) is 6.04 Å². The summed E-state index contributed by atoms with van der Waals surface area (Å²) in [5, 5.41) is 12.3. The first kappa shape index (κ1) is 11.3. The van der Waals surface area contributed by atoms with E-state index < -0.39 is 23.7 Å². The van der Waals surface area contributed by atoms with E-state index in [1.54, 1.807) is 0 Å². The van der Waals surface area contributed by atoms with Crippen molar-refractivity contribution in [2.75, 3.05) is 6.54 Å². The first-order valence-corrected chi connectivity index (χ1v) is 4.78. The summed E-state index contributed by atoms with van der Waals surface area (Å²) >= 11 is 0. The Bertz CT molecular complexity index is 234. The molecule has 0 aromatic carbocycles.